The van der Waals surface area contributed by atoms with Crippen LogP contribution < -0.4 is 17.1 Å². The number of amides is 2. The van der Waals surface area contributed by atoms with Gasteiger partial charge in [0, 0.05) is 0 Å². The molecule has 13 heavy (non-hydrogen) atoms. The second kappa shape index (κ2) is 4.90. The maximum atomic E-state index is 10.5. The monoisotopic (exact) mass is 192 g/mol. The quantitative estimate of drug-likeness (QED) is 0.166. The molecule has 0 aliphatic heterocycles. The Kier molecular flexibility index (Phi) is 4.19. The number of carboxylic acids is 1. The van der Waals surface area contributed by atoms with Gasteiger partial charge in [0.05, 0.1) is 0 Å². The second-order valence-electron chi connectivity index (χ2n) is 1.81. The fourth-order valence-electron chi connectivity index (χ4n) is 0.371. The number of carboxylic acid groups (broad SMARTS) is 1. The molecule has 0 aliphatic rings. The molecule has 0 unspecified atom stereocenters. The Morgan fingerprint density at radius 1 is 1.46 bits per heavy atom. The van der Waals surface area contributed by atoms with Crippen LogP contribution in [0.5, 0.6) is 0 Å². The normalized spacial score (nSPS) is 8.77. The second-order valence-corrected chi connectivity index (χ2v) is 1.81. The lowest BCUT2D eigenvalue weighted by molar-refractivity contribution is -0.179. The smallest absolute Gasteiger partial charge is 0.380 e. The van der Waals surface area contributed by atoms with Crippen molar-refractivity contribution in [3.05, 3.63) is 0 Å². The first-order valence-electron chi connectivity index (χ1n) is 2.95. The van der Waals surface area contributed by atoms with E-state index in [-0.39, 0.29) is 5.17 Å². The molecular formula is C4H8N4O5. The standard InChI is InChI=1S/C4H8N4O5/c5-7-4(12)8(6)13-3(11)1-2(9)10/h1,5-6H2,(H,7,12)(H,9,10). The van der Waals surface area contributed by atoms with Crippen molar-refractivity contribution in [3.63, 3.8) is 0 Å². The van der Waals surface area contributed by atoms with Crippen LogP contribution in [-0.2, 0) is 14.4 Å². The average molecular weight is 192 g/mol. The van der Waals surface area contributed by atoms with Crippen LogP contribution in [0.1, 0.15) is 6.42 Å². The summed E-state index contributed by atoms with van der Waals surface area (Å²) in [6.07, 6.45) is -0.897. The van der Waals surface area contributed by atoms with Gasteiger partial charge in [0.15, 0.2) is 0 Å². The molecule has 2 amide bonds. The Balaban J connectivity index is 3.91. The minimum absolute atomic E-state index is 0.00866. The highest BCUT2D eigenvalue weighted by atomic mass is 16.7. The maximum absolute atomic E-state index is 10.5. The molecular weight excluding hydrogens is 184 g/mol. The number of nitrogens with zero attached hydrogens (tertiary/aromatic N) is 1. The summed E-state index contributed by atoms with van der Waals surface area (Å²) in [5, 5.41) is 8.10. The van der Waals surface area contributed by atoms with Crippen molar-refractivity contribution in [1.29, 1.82) is 0 Å². The van der Waals surface area contributed by atoms with Gasteiger partial charge in [-0.05, 0) is 0 Å². The summed E-state index contributed by atoms with van der Waals surface area (Å²) in [6.45, 7) is 0. The average Bonchev–Trinajstić information content (AvgIpc) is 2.01. The lowest BCUT2D eigenvalue weighted by Gasteiger charge is -2.12. The number of hydrogen-bond donors (Lipinski definition) is 4. The molecule has 0 fully saturated rings. The van der Waals surface area contributed by atoms with E-state index in [4.69, 9.17) is 10.9 Å². The van der Waals surface area contributed by atoms with E-state index in [1.165, 1.54) is 0 Å². The third-order valence-electron chi connectivity index (χ3n) is 0.819. The van der Waals surface area contributed by atoms with E-state index >= 15 is 0 Å². The summed E-state index contributed by atoms with van der Waals surface area (Å²) in [6, 6.07) is -1.08. The molecule has 6 N–H and O–H groups in total. The Morgan fingerprint density at radius 3 is 2.38 bits per heavy atom. The largest absolute Gasteiger partial charge is 0.481 e. The molecule has 0 bridgehead atoms. The highest BCUT2D eigenvalue weighted by Gasteiger charge is 2.16. The van der Waals surface area contributed by atoms with Crippen LogP contribution in [0, 0.1) is 0 Å². The van der Waals surface area contributed by atoms with Crippen molar-refractivity contribution < 1.29 is 24.3 Å². The maximum Gasteiger partial charge on any atom is 0.380 e. The molecule has 0 radical (unpaired) electrons. The summed E-state index contributed by atoms with van der Waals surface area (Å²) >= 11 is 0. The van der Waals surface area contributed by atoms with Crippen molar-refractivity contribution in [2.75, 3.05) is 0 Å². The van der Waals surface area contributed by atoms with E-state index in [1.807, 2.05) is 0 Å². The zero-order valence-electron chi connectivity index (χ0n) is 6.39. The third-order valence-corrected chi connectivity index (χ3v) is 0.819. The van der Waals surface area contributed by atoms with E-state index in [9.17, 15) is 14.4 Å². The molecule has 0 spiro atoms. The summed E-state index contributed by atoms with van der Waals surface area (Å²) in [7, 11) is 0. The van der Waals surface area contributed by atoms with Crippen molar-refractivity contribution in [2.24, 2.45) is 11.7 Å². The lowest BCUT2D eigenvalue weighted by Crippen LogP contribution is -2.48. The first kappa shape index (κ1) is 11.1. The summed E-state index contributed by atoms with van der Waals surface area (Å²) in [5.74, 6) is 6.85. The topological polar surface area (TPSA) is 148 Å². The van der Waals surface area contributed by atoms with Gasteiger partial charge in [0.2, 0.25) is 0 Å². The fourth-order valence-corrected chi connectivity index (χ4v) is 0.371. The number of hydroxylamine groups is 1. The molecule has 0 aromatic rings. The van der Waals surface area contributed by atoms with Gasteiger partial charge in [-0.3, -0.25) is 10.2 Å². The Bertz CT molecular complexity index is 229. The lowest BCUT2D eigenvalue weighted by atomic mass is 10.5. The summed E-state index contributed by atoms with van der Waals surface area (Å²) in [4.78, 5) is 35.0. The van der Waals surface area contributed by atoms with Gasteiger partial charge in [0.25, 0.3) is 0 Å². The van der Waals surface area contributed by atoms with Gasteiger partial charge in [-0.15, -0.1) is 0 Å². The molecule has 9 nitrogen and oxygen atoms in total. The van der Waals surface area contributed by atoms with Crippen LogP contribution in [0.2, 0.25) is 0 Å². The van der Waals surface area contributed by atoms with E-state index < -0.39 is 24.4 Å². The van der Waals surface area contributed by atoms with Gasteiger partial charge >= 0.3 is 18.0 Å². The molecule has 0 saturated carbocycles. The first-order valence-corrected chi connectivity index (χ1v) is 2.95. The van der Waals surface area contributed by atoms with E-state index in [1.54, 1.807) is 5.43 Å². The minimum atomic E-state index is -1.40. The number of carbonyl (C=O) groups is 3. The zero-order valence-corrected chi connectivity index (χ0v) is 6.39. The van der Waals surface area contributed by atoms with Gasteiger partial charge in [-0.1, -0.05) is 5.17 Å². The minimum Gasteiger partial charge on any atom is -0.481 e. The zero-order chi connectivity index (χ0) is 10.4. The molecule has 74 valence electrons. The molecule has 0 saturated heterocycles. The highest BCUT2D eigenvalue weighted by molar-refractivity contribution is 5.90. The van der Waals surface area contributed by atoms with Crippen LogP contribution in [0.3, 0.4) is 0 Å². The van der Waals surface area contributed by atoms with Crippen LogP contribution in [0.25, 0.3) is 0 Å². The number of hydrogen-bond acceptors (Lipinski definition) is 6. The van der Waals surface area contributed by atoms with Gasteiger partial charge in [0.1, 0.15) is 6.42 Å². The van der Waals surface area contributed by atoms with Gasteiger partial charge in [-0.25, -0.2) is 21.3 Å². The molecule has 0 atom stereocenters. The van der Waals surface area contributed by atoms with Crippen LogP contribution in [0.4, 0.5) is 4.79 Å². The number of aliphatic carboxylic acids is 1. The van der Waals surface area contributed by atoms with Crippen molar-refractivity contribution in [3.8, 4) is 0 Å². The first-order chi connectivity index (χ1) is 5.97. The predicted molar refractivity (Wildman–Crippen MR) is 37.1 cm³/mol. The fraction of sp³-hybridized carbons (Fsp3) is 0.250. The Hall–Kier alpha value is -1.87. The number of carbonyl (C=O) groups excluding carboxylic acids is 2. The number of rotatable bonds is 2. The van der Waals surface area contributed by atoms with E-state index in [2.05, 4.69) is 10.7 Å². The Morgan fingerprint density at radius 2 is 2.00 bits per heavy atom. The summed E-state index contributed by atoms with van der Waals surface area (Å²) < 4.78 is 0. The van der Waals surface area contributed by atoms with Crippen LogP contribution >= 0.6 is 0 Å². The Labute approximate surface area is 72.1 Å². The summed E-state index contributed by atoms with van der Waals surface area (Å²) in [5.41, 5.74) is 1.56. The number of hydrazine groups is 2. The molecule has 0 aliphatic carbocycles. The van der Waals surface area contributed by atoms with Gasteiger partial charge in [-0.2, -0.15) is 0 Å². The van der Waals surface area contributed by atoms with Crippen LogP contribution in [-0.4, -0.2) is 28.2 Å². The van der Waals surface area contributed by atoms with Crippen molar-refractivity contribution >= 4 is 18.0 Å². The number of nitrogens with two attached hydrogens (primary N) is 2. The number of nitrogens with one attached hydrogen (secondary N) is 1. The van der Waals surface area contributed by atoms with Crippen molar-refractivity contribution in [2.45, 2.75) is 6.42 Å². The molecule has 0 heterocycles. The van der Waals surface area contributed by atoms with Crippen molar-refractivity contribution in [1.82, 2.24) is 10.6 Å². The van der Waals surface area contributed by atoms with E-state index in [0.29, 0.717) is 0 Å². The molecule has 9 heteroatoms. The third kappa shape index (κ3) is 4.55. The van der Waals surface area contributed by atoms with E-state index in [0.717, 1.165) is 0 Å². The molecule has 0 aromatic carbocycles. The molecule has 0 aromatic heterocycles. The van der Waals surface area contributed by atoms with Gasteiger partial charge < -0.3 is 9.94 Å². The SMILES string of the molecule is NNC(=O)N(N)OC(=O)CC(=O)O. The highest BCUT2D eigenvalue weighted by Crippen LogP contribution is 1.89. The molecule has 0 rings (SSSR count). The predicted octanol–water partition coefficient (Wildman–Crippen LogP) is -2.32. The number of urea groups is 1. The van der Waals surface area contributed by atoms with Crippen LogP contribution in [0.15, 0.2) is 0 Å².